The average molecular weight is 191 g/mol. The first-order valence-corrected chi connectivity index (χ1v) is 4.46. The van der Waals surface area contributed by atoms with Gasteiger partial charge in [0, 0.05) is 6.54 Å². The number of aromatic nitrogens is 4. The third kappa shape index (κ3) is 0.876. The minimum atomic E-state index is 0.403. The number of aryl methyl sites for hydroxylation is 1. The van der Waals surface area contributed by atoms with Gasteiger partial charge in [0.25, 0.3) is 6.01 Å². The number of hydrogen-bond acceptors (Lipinski definition) is 5. The lowest BCUT2D eigenvalue weighted by Crippen LogP contribution is -2.14. The van der Waals surface area contributed by atoms with E-state index in [2.05, 4.69) is 15.0 Å². The summed E-state index contributed by atoms with van der Waals surface area (Å²) in [7, 11) is 0. The van der Waals surface area contributed by atoms with Crippen LogP contribution in [-0.4, -0.2) is 26.1 Å². The lowest BCUT2D eigenvalue weighted by molar-refractivity contribution is 0.233. The van der Waals surface area contributed by atoms with Gasteiger partial charge in [-0.25, -0.2) is 9.97 Å². The van der Waals surface area contributed by atoms with Crippen molar-refractivity contribution in [3.63, 3.8) is 0 Å². The topological polar surface area (TPSA) is 78.9 Å². The van der Waals surface area contributed by atoms with Gasteiger partial charge >= 0.3 is 0 Å². The van der Waals surface area contributed by atoms with Gasteiger partial charge in [-0.05, 0) is 6.42 Å². The summed E-state index contributed by atoms with van der Waals surface area (Å²) in [5, 5.41) is 0. The van der Waals surface area contributed by atoms with Crippen LogP contribution in [0.25, 0.3) is 11.2 Å². The molecule has 3 heterocycles. The number of rotatable bonds is 0. The molecule has 3 rings (SSSR count). The molecule has 1 aliphatic heterocycles. The molecule has 2 aromatic heterocycles. The minimum absolute atomic E-state index is 0.403. The normalized spacial score (nSPS) is 15.1. The number of imidazole rings is 1. The van der Waals surface area contributed by atoms with Crippen LogP contribution in [0.2, 0.25) is 0 Å². The molecule has 0 radical (unpaired) electrons. The Morgan fingerprint density at radius 3 is 3.29 bits per heavy atom. The molecular weight excluding hydrogens is 182 g/mol. The van der Waals surface area contributed by atoms with E-state index in [9.17, 15) is 0 Å². The molecular formula is C8H9N5O. The van der Waals surface area contributed by atoms with Crippen molar-refractivity contribution in [3.05, 3.63) is 6.33 Å². The quantitative estimate of drug-likeness (QED) is 0.643. The molecule has 0 amide bonds. The maximum absolute atomic E-state index is 5.69. The molecule has 0 aromatic carbocycles. The Hall–Kier alpha value is -1.85. The van der Waals surface area contributed by atoms with E-state index in [0.717, 1.165) is 18.6 Å². The zero-order valence-electron chi connectivity index (χ0n) is 7.47. The van der Waals surface area contributed by atoms with Crippen LogP contribution in [0, 0.1) is 0 Å². The Kier molecular flexibility index (Phi) is 1.38. The van der Waals surface area contributed by atoms with E-state index in [1.54, 1.807) is 0 Å². The van der Waals surface area contributed by atoms with Gasteiger partial charge in [0.2, 0.25) is 0 Å². The van der Waals surface area contributed by atoms with Crippen LogP contribution < -0.4 is 10.5 Å². The summed E-state index contributed by atoms with van der Waals surface area (Å²) in [6.07, 6.45) is 2.42. The predicted octanol–water partition coefficient (Wildman–Crippen LogP) is 0.191. The highest BCUT2D eigenvalue weighted by atomic mass is 16.5. The van der Waals surface area contributed by atoms with Crippen LogP contribution in [0.4, 0.5) is 5.82 Å². The summed E-state index contributed by atoms with van der Waals surface area (Å²) in [5.74, 6) is 0.403. The van der Waals surface area contributed by atoms with Crippen LogP contribution >= 0.6 is 0 Å². The number of hydrogen-bond donors (Lipinski definition) is 1. The molecule has 14 heavy (non-hydrogen) atoms. The molecule has 0 atom stereocenters. The molecule has 0 aliphatic carbocycles. The summed E-state index contributed by atoms with van der Waals surface area (Å²) in [6.45, 7) is 1.58. The van der Waals surface area contributed by atoms with Crippen molar-refractivity contribution in [1.82, 2.24) is 19.5 Å². The Morgan fingerprint density at radius 1 is 1.43 bits per heavy atom. The second-order valence-corrected chi connectivity index (χ2v) is 3.18. The highest BCUT2D eigenvalue weighted by Crippen LogP contribution is 2.24. The standard InChI is InChI=1S/C8H9N5O/c9-6-5-7(11-4-10-6)13-2-1-3-14-8(13)12-5/h4H,1-3H2,(H2,9,10,11). The molecule has 0 fully saturated rings. The lowest BCUT2D eigenvalue weighted by Gasteiger charge is -2.13. The van der Waals surface area contributed by atoms with Gasteiger partial charge in [-0.15, -0.1) is 0 Å². The van der Waals surface area contributed by atoms with Crippen molar-refractivity contribution >= 4 is 17.0 Å². The molecule has 6 heteroatoms. The molecule has 2 N–H and O–H groups in total. The average Bonchev–Trinajstić information content (AvgIpc) is 2.59. The summed E-state index contributed by atoms with van der Waals surface area (Å²) >= 11 is 0. The Labute approximate surface area is 79.7 Å². The van der Waals surface area contributed by atoms with Gasteiger partial charge in [0.15, 0.2) is 17.0 Å². The molecule has 0 saturated carbocycles. The summed E-state index contributed by atoms with van der Waals surface area (Å²) in [6, 6.07) is 0.596. The molecule has 72 valence electrons. The number of anilines is 1. The molecule has 0 unspecified atom stereocenters. The van der Waals surface area contributed by atoms with Gasteiger partial charge in [-0.1, -0.05) is 0 Å². The first kappa shape index (κ1) is 7.54. The van der Waals surface area contributed by atoms with E-state index in [1.165, 1.54) is 6.33 Å². The van der Waals surface area contributed by atoms with Gasteiger partial charge in [-0.3, -0.25) is 4.57 Å². The lowest BCUT2D eigenvalue weighted by atomic mass is 10.4. The minimum Gasteiger partial charge on any atom is -0.465 e. The van der Waals surface area contributed by atoms with Crippen LogP contribution in [0.15, 0.2) is 6.33 Å². The molecule has 0 bridgehead atoms. The largest absolute Gasteiger partial charge is 0.465 e. The van der Waals surface area contributed by atoms with Crippen molar-refractivity contribution < 1.29 is 4.74 Å². The Bertz CT molecular complexity index is 492. The van der Waals surface area contributed by atoms with Gasteiger partial charge in [0.1, 0.15) is 6.33 Å². The van der Waals surface area contributed by atoms with Crippen LogP contribution in [0.3, 0.4) is 0 Å². The molecule has 1 aliphatic rings. The van der Waals surface area contributed by atoms with Crippen molar-refractivity contribution in [3.8, 4) is 6.01 Å². The molecule has 2 aromatic rings. The third-order valence-corrected chi connectivity index (χ3v) is 2.28. The summed E-state index contributed by atoms with van der Waals surface area (Å²) in [5.41, 5.74) is 7.07. The fourth-order valence-electron chi connectivity index (χ4n) is 1.63. The van der Waals surface area contributed by atoms with E-state index in [0.29, 0.717) is 24.0 Å². The van der Waals surface area contributed by atoms with Crippen molar-refractivity contribution in [2.24, 2.45) is 0 Å². The summed E-state index contributed by atoms with van der Waals surface area (Å²) in [4.78, 5) is 12.3. The fraction of sp³-hybridized carbons (Fsp3) is 0.375. The van der Waals surface area contributed by atoms with Crippen molar-refractivity contribution in [2.45, 2.75) is 13.0 Å². The van der Waals surface area contributed by atoms with Crippen LogP contribution in [0.1, 0.15) is 6.42 Å². The van der Waals surface area contributed by atoms with Crippen molar-refractivity contribution in [2.75, 3.05) is 12.3 Å². The van der Waals surface area contributed by atoms with E-state index >= 15 is 0 Å². The Balaban J connectivity index is 2.36. The second-order valence-electron chi connectivity index (χ2n) is 3.18. The molecule has 0 saturated heterocycles. The molecule has 6 nitrogen and oxygen atoms in total. The number of nitrogen functional groups attached to an aromatic ring is 1. The summed E-state index contributed by atoms with van der Waals surface area (Å²) < 4.78 is 7.32. The first-order valence-electron chi connectivity index (χ1n) is 4.46. The SMILES string of the molecule is Nc1ncnc2c1nc1n2CCCO1. The zero-order chi connectivity index (χ0) is 9.54. The highest BCUT2D eigenvalue weighted by molar-refractivity contribution is 5.82. The van der Waals surface area contributed by atoms with E-state index in [4.69, 9.17) is 10.5 Å². The third-order valence-electron chi connectivity index (χ3n) is 2.28. The van der Waals surface area contributed by atoms with E-state index in [1.807, 2.05) is 4.57 Å². The monoisotopic (exact) mass is 191 g/mol. The predicted molar refractivity (Wildman–Crippen MR) is 49.8 cm³/mol. The smallest absolute Gasteiger partial charge is 0.298 e. The van der Waals surface area contributed by atoms with Gasteiger partial charge < -0.3 is 10.5 Å². The van der Waals surface area contributed by atoms with Crippen LogP contribution in [0.5, 0.6) is 6.01 Å². The van der Waals surface area contributed by atoms with E-state index in [-0.39, 0.29) is 0 Å². The van der Waals surface area contributed by atoms with Gasteiger partial charge in [-0.2, -0.15) is 4.98 Å². The number of fused-ring (bicyclic) bond motifs is 3. The Morgan fingerprint density at radius 2 is 2.36 bits per heavy atom. The molecule has 0 spiro atoms. The maximum atomic E-state index is 5.69. The maximum Gasteiger partial charge on any atom is 0.298 e. The fourth-order valence-corrected chi connectivity index (χ4v) is 1.63. The van der Waals surface area contributed by atoms with E-state index < -0.39 is 0 Å². The highest BCUT2D eigenvalue weighted by Gasteiger charge is 2.18. The first-order chi connectivity index (χ1) is 6.86. The number of nitrogens with two attached hydrogens (primary N) is 1. The second kappa shape index (κ2) is 2.57. The van der Waals surface area contributed by atoms with Gasteiger partial charge in [0.05, 0.1) is 6.61 Å². The number of nitrogens with zero attached hydrogens (tertiary/aromatic N) is 4. The van der Waals surface area contributed by atoms with Crippen LogP contribution in [-0.2, 0) is 6.54 Å². The van der Waals surface area contributed by atoms with Crippen molar-refractivity contribution in [1.29, 1.82) is 0 Å². The number of ether oxygens (including phenoxy) is 1. The zero-order valence-corrected chi connectivity index (χ0v) is 7.47.